The average Bonchev–Trinajstić information content (AvgIpc) is 2.66. The van der Waals surface area contributed by atoms with Crippen LogP contribution in [0.25, 0.3) is 6.08 Å². The van der Waals surface area contributed by atoms with Crippen LogP contribution < -0.4 is 9.47 Å². The van der Waals surface area contributed by atoms with Crippen LogP contribution in [0.15, 0.2) is 23.8 Å². The SMILES string of the molecule is CCOc1cc(C=C2C(=O)OC(C)(C)OC2=O)ccc1OC(=O)C1CCCCC1. The van der Waals surface area contributed by atoms with Gasteiger partial charge in [0.05, 0.1) is 12.5 Å². The molecule has 1 aliphatic heterocycles. The molecule has 0 unspecified atom stereocenters. The molecule has 1 saturated carbocycles. The van der Waals surface area contributed by atoms with Gasteiger partial charge in [-0.3, -0.25) is 4.79 Å². The largest absolute Gasteiger partial charge is 0.490 e. The highest BCUT2D eigenvalue weighted by Gasteiger charge is 2.38. The second-order valence-electron chi connectivity index (χ2n) is 7.63. The van der Waals surface area contributed by atoms with Crippen LogP contribution in [0.2, 0.25) is 0 Å². The maximum atomic E-state index is 12.5. The molecule has 0 amide bonds. The lowest BCUT2D eigenvalue weighted by Crippen LogP contribution is -2.41. The van der Waals surface area contributed by atoms with Gasteiger partial charge in [-0.25, -0.2) is 9.59 Å². The first-order valence-electron chi connectivity index (χ1n) is 9.96. The Bertz CT molecular complexity index is 810. The van der Waals surface area contributed by atoms with Gasteiger partial charge in [0.25, 0.3) is 5.79 Å². The van der Waals surface area contributed by atoms with Crippen LogP contribution in [0, 0.1) is 5.92 Å². The molecule has 2 fully saturated rings. The fraction of sp³-hybridized carbons (Fsp3) is 0.500. The molecule has 0 atom stereocenters. The van der Waals surface area contributed by atoms with Crippen molar-refractivity contribution in [2.75, 3.05) is 6.61 Å². The Labute approximate surface area is 170 Å². The van der Waals surface area contributed by atoms with E-state index in [4.69, 9.17) is 18.9 Å². The summed E-state index contributed by atoms with van der Waals surface area (Å²) >= 11 is 0. The van der Waals surface area contributed by atoms with Crippen LogP contribution in [0.1, 0.15) is 58.4 Å². The Morgan fingerprint density at radius 1 is 1.10 bits per heavy atom. The van der Waals surface area contributed by atoms with Crippen LogP contribution in [0.4, 0.5) is 0 Å². The zero-order valence-electron chi connectivity index (χ0n) is 17.0. The molecule has 1 saturated heterocycles. The second kappa shape index (κ2) is 8.68. The third-order valence-electron chi connectivity index (χ3n) is 4.84. The van der Waals surface area contributed by atoms with Gasteiger partial charge in [0.2, 0.25) is 0 Å². The highest BCUT2D eigenvalue weighted by atomic mass is 16.7. The van der Waals surface area contributed by atoms with Crippen molar-refractivity contribution < 1.29 is 33.3 Å². The fourth-order valence-corrected chi connectivity index (χ4v) is 3.44. The molecule has 2 aliphatic rings. The van der Waals surface area contributed by atoms with Gasteiger partial charge in [0.15, 0.2) is 11.5 Å². The van der Waals surface area contributed by atoms with Crippen LogP contribution in [-0.4, -0.2) is 30.3 Å². The standard InChI is InChI=1S/C22H26O7/c1-4-26-18-13-14(12-16-20(24)28-22(2,3)29-21(16)25)10-11-17(18)27-19(23)15-8-6-5-7-9-15/h10-13,15H,4-9H2,1-3H3. The van der Waals surface area contributed by atoms with Crippen LogP contribution in [-0.2, 0) is 23.9 Å². The number of esters is 3. The van der Waals surface area contributed by atoms with E-state index in [-0.39, 0.29) is 17.5 Å². The summed E-state index contributed by atoms with van der Waals surface area (Å²) in [5.41, 5.74) is 0.313. The molecule has 7 heteroatoms. The molecule has 1 heterocycles. The van der Waals surface area contributed by atoms with Crippen molar-refractivity contribution in [3.8, 4) is 11.5 Å². The van der Waals surface area contributed by atoms with E-state index in [0.717, 1.165) is 32.1 Å². The molecule has 0 radical (unpaired) electrons. The molecule has 1 aromatic carbocycles. The van der Waals surface area contributed by atoms with E-state index >= 15 is 0 Å². The molecule has 0 bridgehead atoms. The molecular formula is C22H26O7. The van der Waals surface area contributed by atoms with Gasteiger partial charge in [0.1, 0.15) is 5.57 Å². The summed E-state index contributed by atoms with van der Waals surface area (Å²) in [4.78, 5) is 36.7. The monoisotopic (exact) mass is 402 g/mol. The van der Waals surface area contributed by atoms with Crippen molar-refractivity contribution in [2.45, 2.75) is 58.7 Å². The Morgan fingerprint density at radius 3 is 2.38 bits per heavy atom. The van der Waals surface area contributed by atoms with Gasteiger partial charge in [-0.2, -0.15) is 0 Å². The van der Waals surface area contributed by atoms with Gasteiger partial charge < -0.3 is 18.9 Å². The molecule has 7 nitrogen and oxygen atoms in total. The summed E-state index contributed by atoms with van der Waals surface area (Å²) in [6.45, 7) is 5.16. The number of ether oxygens (including phenoxy) is 4. The molecule has 0 spiro atoms. The highest BCUT2D eigenvalue weighted by Crippen LogP contribution is 2.33. The summed E-state index contributed by atoms with van der Waals surface area (Å²) in [7, 11) is 0. The minimum Gasteiger partial charge on any atom is -0.490 e. The van der Waals surface area contributed by atoms with Gasteiger partial charge in [-0.15, -0.1) is 0 Å². The van der Waals surface area contributed by atoms with Crippen LogP contribution in [0.5, 0.6) is 11.5 Å². The van der Waals surface area contributed by atoms with E-state index in [1.165, 1.54) is 19.9 Å². The first-order chi connectivity index (χ1) is 13.8. The molecular weight excluding hydrogens is 376 g/mol. The minimum atomic E-state index is -1.29. The van der Waals surface area contributed by atoms with Crippen molar-refractivity contribution in [1.29, 1.82) is 0 Å². The number of hydrogen-bond acceptors (Lipinski definition) is 7. The number of cyclic esters (lactones) is 2. The van der Waals surface area contributed by atoms with E-state index in [0.29, 0.717) is 23.7 Å². The fourth-order valence-electron chi connectivity index (χ4n) is 3.44. The van der Waals surface area contributed by atoms with Crippen LogP contribution in [0.3, 0.4) is 0 Å². The third-order valence-corrected chi connectivity index (χ3v) is 4.84. The first-order valence-corrected chi connectivity index (χ1v) is 9.96. The Morgan fingerprint density at radius 2 is 1.76 bits per heavy atom. The van der Waals surface area contributed by atoms with E-state index in [9.17, 15) is 14.4 Å². The van der Waals surface area contributed by atoms with E-state index in [1.807, 2.05) is 6.92 Å². The number of carbonyl (C=O) groups excluding carboxylic acids is 3. The first kappa shape index (κ1) is 20.9. The highest BCUT2D eigenvalue weighted by molar-refractivity contribution is 6.18. The molecule has 0 N–H and O–H groups in total. The van der Waals surface area contributed by atoms with E-state index < -0.39 is 17.7 Å². The molecule has 156 valence electrons. The normalized spacial score (nSPS) is 19.2. The third kappa shape index (κ3) is 5.16. The maximum Gasteiger partial charge on any atom is 0.348 e. The van der Waals surface area contributed by atoms with E-state index in [2.05, 4.69) is 0 Å². The summed E-state index contributed by atoms with van der Waals surface area (Å²) in [6, 6.07) is 4.85. The summed E-state index contributed by atoms with van der Waals surface area (Å²) in [6.07, 6.45) is 6.27. The summed E-state index contributed by atoms with van der Waals surface area (Å²) < 4.78 is 21.4. The van der Waals surface area contributed by atoms with Crippen LogP contribution >= 0.6 is 0 Å². The zero-order valence-corrected chi connectivity index (χ0v) is 17.0. The number of hydrogen-bond donors (Lipinski definition) is 0. The lowest BCUT2D eigenvalue weighted by atomic mass is 9.89. The summed E-state index contributed by atoms with van der Waals surface area (Å²) in [5.74, 6) is -2.45. The molecule has 0 aromatic heterocycles. The van der Waals surface area contributed by atoms with E-state index in [1.54, 1.807) is 18.2 Å². The van der Waals surface area contributed by atoms with Crippen molar-refractivity contribution >= 4 is 24.0 Å². The Balaban J connectivity index is 1.81. The van der Waals surface area contributed by atoms with Gasteiger partial charge >= 0.3 is 17.9 Å². The second-order valence-corrected chi connectivity index (χ2v) is 7.63. The summed E-state index contributed by atoms with van der Waals surface area (Å²) in [5, 5.41) is 0. The molecule has 1 aliphatic carbocycles. The topological polar surface area (TPSA) is 88.1 Å². The van der Waals surface area contributed by atoms with Gasteiger partial charge in [-0.1, -0.05) is 25.3 Å². The smallest absolute Gasteiger partial charge is 0.348 e. The molecule has 29 heavy (non-hydrogen) atoms. The minimum absolute atomic E-state index is 0.0878. The number of benzene rings is 1. The zero-order chi connectivity index (χ0) is 21.0. The van der Waals surface area contributed by atoms with Crippen molar-refractivity contribution in [1.82, 2.24) is 0 Å². The molecule has 3 rings (SSSR count). The van der Waals surface area contributed by atoms with Crippen molar-refractivity contribution in [3.63, 3.8) is 0 Å². The quantitative estimate of drug-likeness (QED) is 0.320. The predicted molar refractivity (Wildman–Crippen MR) is 104 cm³/mol. The van der Waals surface area contributed by atoms with Gasteiger partial charge in [-0.05, 0) is 43.5 Å². The Hall–Kier alpha value is -2.83. The predicted octanol–water partition coefficient (Wildman–Crippen LogP) is 3.79. The maximum absolute atomic E-state index is 12.5. The van der Waals surface area contributed by atoms with Crippen molar-refractivity contribution in [3.05, 3.63) is 29.3 Å². The van der Waals surface area contributed by atoms with Crippen molar-refractivity contribution in [2.24, 2.45) is 5.92 Å². The van der Waals surface area contributed by atoms with Gasteiger partial charge in [0, 0.05) is 13.8 Å². The number of carbonyl (C=O) groups is 3. The lowest BCUT2D eigenvalue weighted by Gasteiger charge is -2.29. The number of rotatable bonds is 5. The average molecular weight is 402 g/mol. The molecule has 1 aromatic rings. The Kier molecular flexibility index (Phi) is 6.25. The lowest BCUT2D eigenvalue weighted by molar-refractivity contribution is -0.222.